The van der Waals surface area contributed by atoms with Crippen LogP contribution in [0, 0.1) is 6.92 Å². The van der Waals surface area contributed by atoms with Gasteiger partial charge >= 0.3 is 0 Å². The molecule has 0 fully saturated rings. The number of hydrazone groups is 1. The van der Waals surface area contributed by atoms with Gasteiger partial charge in [-0.15, -0.1) is 0 Å². The summed E-state index contributed by atoms with van der Waals surface area (Å²) in [6.45, 7) is 4.31. The molecule has 126 valence electrons. The van der Waals surface area contributed by atoms with Gasteiger partial charge in [-0.25, -0.2) is 5.43 Å². The standard InChI is InChI=1S/C20H19N3O2/c1-3-25-19-11-7-5-9-16(19)13-21-23-20(24)17-12-15-8-4-6-10-18(15)22-14(17)2/h4-13H,3H2,1-2H3,(H,23,24). The fraction of sp³-hybridized carbons (Fsp3) is 0.150. The molecular formula is C20H19N3O2. The third-order valence-electron chi connectivity index (χ3n) is 3.75. The van der Waals surface area contributed by atoms with E-state index in [2.05, 4.69) is 15.5 Å². The molecule has 1 N–H and O–H groups in total. The Morgan fingerprint density at radius 2 is 1.96 bits per heavy atom. The van der Waals surface area contributed by atoms with Crippen LogP contribution in [0.4, 0.5) is 0 Å². The Labute approximate surface area is 146 Å². The van der Waals surface area contributed by atoms with Crippen molar-refractivity contribution in [2.45, 2.75) is 13.8 Å². The number of rotatable bonds is 5. The van der Waals surface area contributed by atoms with Crippen molar-refractivity contribution in [1.29, 1.82) is 0 Å². The number of benzene rings is 2. The summed E-state index contributed by atoms with van der Waals surface area (Å²) in [7, 11) is 0. The van der Waals surface area contributed by atoms with E-state index in [9.17, 15) is 4.79 Å². The van der Waals surface area contributed by atoms with Gasteiger partial charge in [0.05, 0.1) is 29.6 Å². The van der Waals surface area contributed by atoms with Crippen LogP contribution in [0.15, 0.2) is 59.7 Å². The lowest BCUT2D eigenvalue weighted by Gasteiger charge is -2.07. The molecule has 25 heavy (non-hydrogen) atoms. The van der Waals surface area contributed by atoms with Gasteiger partial charge in [0.2, 0.25) is 0 Å². The molecule has 0 radical (unpaired) electrons. The largest absolute Gasteiger partial charge is 0.493 e. The molecule has 0 aliphatic rings. The molecular weight excluding hydrogens is 314 g/mol. The maximum atomic E-state index is 12.4. The summed E-state index contributed by atoms with van der Waals surface area (Å²) in [5, 5.41) is 4.97. The Morgan fingerprint density at radius 3 is 2.80 bits per heavy atom. The number of carbonyl (C=O) groups excluding carboxylic acids is 1. The average Bonchev–Trinajstić information content (AvgIpc) is 2.62. The van der Waals surface area contributed by atoms with Crippen molar-refractivity contribution in [3.8, 4) is 5.75 Å². The molecule has 5 nitrogen and oxygen atoms in total. The lowest BCUT2D eigenvalue weighted by molar-refractivity contribution is 0.0954. The molecule has 3 rings (SSSR count). The van der Waals surface area contributed by atoms with Crippen LogP contribution in [0.1, 0.15) is 28.5 Å². The number of ether oxygens (including phenoxy) is 1. The third-order valence-corrected chi connectivity index (χ3v) is 3.75. The first-order valence-electron chi connectivity index (χ1n) is 8.10. The van der Waals surface area contributed by atoms with E-state index in [1.165, 1.54) is 0 Å². The zero-order valence-corrected chi connectivity index (χ0v) is 14.2. The number of hydrogen-bond donors (Lipinski definition) is 1. The monoisotopic (exact) mass is 333 g/mol. The van der Waals surface area contributed by atoms with Crippen molar-refractivity contribution >= 4 is 23.0 Å². The van der Waals surface area contributed by atoms with Gasteiger partial charge in [0.1, 0.15) is 5.75 Å². The van der Waals surface area contributed by atoms with E-state index in [0.717, 1.165) is 22.2 Å². The predicted molar refractivity (Wildman–Crippen MR) is 99.2 cm³/mol. The molecule has 0 aliphatic carbocycles. The number of amides is 1. The molecule has 1 aromatic heterocycles. The Morgan fingerprint density at radius 1 is 1.20 bits per heavy atom. The molecule has 0 unspecified atom stereocenters. The first-order chi connectivity index (χ1) is 12.2. The van der Waals surface area contributed by atoms with Gasteiger partial charge in [-0.3, -0.25) is 9.78 Å². The van der Waals surface area contributed by atoms with Crippen LogP contribution < -0.4 is 10.2 Å². The van der Waals surface area contributed by atoms with Crippen LogP contribution in [0.3, 0.4) is 0 Å². The number of fused-ring (bicyclic) bond motifs is 1. The smallest absolute Gasteiger partial charge is 0.273 e. The van der Waals surface area contributed by atoms with Crippen molar-refractivity contribution in [2.24, 2.45) is 5.10 Å². The van der Waals surface area contributed by atoms with Crippen LogP contribution in [0.5, 0.6) is 5.75 Å². The van der Waals surface area contributed by atoms with Crippen LogP contribution in [-0.2, 0) is 0 Å². The molecule has 0 saturated carbocycles. The van der Waals surface area contributed by atoms with Crippen LogP contribution in [0.25, 0.3) is 10.9 Å². The predicted octanol–water partition coefficient (Wildman–Crippen LogP) is 3.71. The van der Waals surface area contributed by atoms with E-state index in [4.69, 9.17) is 4.74 Å². The molecule has 0 bridgehead atoms. The minimum atomic E-state index is -0.291. The number of hydrogen-bond acceptors (Lipinski definition) is 4. The highest BCUT2D eigenvalue weighted by Gasteiger charge is 2.10. The quantitative estimate of drug-likeness (QED) is 0.572. The SMILES string of the molecule is CCOc1ccccc1C=NNC(=O)c1cc2ccccc2nc1C. The van der Waals surface area contributed by atoms with E-state index in [0.29, 0.717) is 17.9 Å². The Kier molecular flexibility index (Phi) is 5.04. The number of aryl methyl sites for hydroxylation is 1. The van der Waals surface area contributed by atoms with E-state index in [1.54, 1.807) is 6.21 Å². The van der Waals surface area contributed by atoms with Crippen molar-refractivity contribution in [2.75, 3.05) is 6.61 Å². The second-order valence-corrected chi connectivity index (χ2v) is 5.48. The summed E-state index contributed by atoms with van der Waals surface area (Å²) in [6, 6.07) is 17.1. The molecule has 1 heterocycles. The lowest BCUT2D eigenvalue weighted by atomic mass is 10.1. The number of nitrogens with one attached hydrogen (secondary N) is 1. The maximum Gasteiger partial charge on any atom is 0.273 e. The van der Waals surface area contributed by atoms with Crippen molar-refractivity contribution in [1.82, 2.24) is 10.4 Å². The van der Waals surface area contributed by atoms with Gasteiger partial charge in [-0.05, 0) is 38.1 Å². The van der Waals surface area contributed by atoms with Crippen LogP contribution in [0.2, 0.25) is 0 Å². The highest BCUT2D eigenvalue weighted by Crippen LogP contribution is 2.17. The summed E-state index contributed by atoms with van der Waals surface area (Å²) in [4.78, 5) is 16.9. The van der Waals surface area contributed by atoms with E-state index in [1.807, 2.05) is 68.4 Å². The number of para-hydroxylation sites is 2. The van der Waals surface area contributed by atoms with E-state index in [-0.39, 0.29) is 5.91 Å². The molecule has 1 amide bonds. The first-order valence-corrected chi connectivity index (χ1v) is 8.10. The lowest BCUT2D eigenvalue weighted by Crippen LogP contribution is -2.19. The average molecular weight is 333 g/mol. The molecule has 5 heteroatoms. The molecule has 3 aromatic rings. The maximum absolute atomic E-state index is 12.4. The number of nitrogens with zero attached hydrogens (tertiary/aromatic N) is 2. The summed E-state index contributed by atoms with van der Waals surface area (Å²) >= 11 is 0. The Hall–Kier alpha value is -3.21. The first kappa shape index (κ1) is 16.6. The third kappa shape index (κ3) is 3.83. The summed E-state index contributed by atoms with van der Waals surface area (Å²) < 4.78 is 5.53. The van der Waals surface area contributed by atoms with Gasteiger partial charge < -0.3 is 4.74 Å². The van der Waals surface area contributed by atoms with Crippen molar-refractivity contribution in [3.05, 3.63) is 71.4 Å². The second-order valence-electron chi connectivity index (χ2n) is 5.48. The molecule has 0 atom stereocenters. The number of aromatic nitrogens is 1. The van der Waals surface area contributed by atoms with Crippen molar-refractivity contribution in [3.63, 3.8) is 0 Å². The van der Waals surface area contributed by atoms with Gasteiger partial charge in [-0.1, -0.05) is 30.3 Å². The van der Waals surface area contributed by atoms with Crippen LogP contribution >= 0.6 is 0 Å². The number of carbonyl (C=O) groups is 1. The van der Waals surface area contributed by atoms with E-state index < -0.39 is 0 Å². The molecule has 0 spiro atoms. The van der Waals surface area contributed by atoms with Gasteiger partial charge in [0.15, 0.2) is 0 Å². The second kappa shape index (κ2) is 7.57. The zero-order valence-electron chi connectivity index (χ0n) is 14.2. The fourth-order valence-corrected chi connectivity index (χ4v) is 2.54. The number of pyridine rings is 1. The zero-order chi connectivity index (χ0) is 17.6. The molecule has 0 aliphatic heterocycles. The van der Waals surface area contributed by atoms with Gasteiger partial charge in [0.25, 0.3) is 5.91 Å². The topological polar surface area (TPSA) is 63.6 Å². The van der Waals surface area contributed by atoms with E-state index >= 15 is 0 Å². The molecule has 2 aromatic carbocycles. The summed E-state index contributed by atoms with van der Waals surface area (Å²) in [5.41, 5.74) is 5.40. The highest BCUT2D eigenvalue weighted by atomic mass is 16.5. The minimum Gasteiger partial charge on any atom is -0.493 e. The van der Waals surface area contributed by atoms with Crippen molar-refractivity contribution < 1.29 is 9.53 Å². The fourth-order valence-electron chi connectivity index (χ4n) is 2.54. The highest BCUT2D eigenvalue weighted by molar-refractivity contribution is 5.99. The van der Waals surface area contributed by atoms with Gasteiger partial charge in [0, 0.05) is 10.9 Å². The summed E-state index contributed by atoms with van der Waals surface area (Å²) in [5.74, 6) is 0.437. The Balaban J connectivity index is 1.78. The summed E-state index contributed by atoms with van der Waals surface area (Å²) in [6.07, 6.45) is 1.58. The van der Waals surface area contributed by atoms with Crippen LogP contribution in [-0.4, -0.2) is 23.7 Å². The molecule has 0 saturated heterocycles. The minimum absolute atomic E-state index is 0.291. The Bertz CT molecular complexity index is 935. The normalized spacial score (nSPS) is 11.0. The van der Waals surface area contributed by atoms with Gasteiger partial charge in [-0.2, -0.15) is 5.10 Å².